The first-order valence-electron chi connectivity index (χ1n) is 25.2. The van der Waals surface area contributed by atoms with Crippen LogP contribution in [0.4, 0.5) is 11.4 Å². The summed E-state index contributed by atoms with van der Waals surface area (Å²) < 4.78 is 2.76. The molecule has 64 heavy (non-hydrogen) atoms. The molecule has 8 saturated carbocycles. The summed E-state index contributed by atoms with van der Waals surface area (Å²) in [6.45, 7) is 2.37. The van der Waals surface area contributed by atoms with Gasteiger partial charge in [-0.15, -0.1) is 0 Å². The number of fused-ring (bicyclic) bond motifs is 8. The van der Waals surface area contributed by atoms with E-state index in [0.29, 0.717) is 5.41 Å². The number of anilines is 2. The third-order valence-corrected chi connectivity index (χ3v) is 19.2. The lowest BCUT2D eigenvalue weighted by atomic mass is 9.42. The maximum atomic E-state index is 2.81. The zero-order valence-electron chi connectivity index (χ0n) is 37.1. The van der Waals surface area contributed by atoms with Gasteiger partial charge in [0.2, 0.25) is 0 Å². The van der Waals surface area contributed by atoms with Gasteiger partial charge in [-0.25, -0.2) is 0 Å². The molecule has 10 aliphatic rings. The first-order valence-corrected chi connectivity index (χ1v) is 25.2. The molecule has 8 aromatic rings. The predicted molar refractivity (Wildman–Crippen MR) is 267 cm³/mol. The molecule has 2 nitrogen and oxygen atoms in total. The van der Waals surface area contributed by atoms with Crippen LogP contribution >= 0.6 is 0 Å². The van der Waals surface area contributed by atoms with Gasteiger partial charge in [-0.2, -0.15) is 0 Å². The van der Waals surface area contributed by atoms with E-state index in [1.54, 1.807) is 11.1 Å². The summed E-state index contributed by atoms with van der Waals surface area (Å²) in [7, 11) is 0. The van der Waals surface area contributed by atoms with Crippen LogP contribution in [-0.2, 0) is 10.8 Å². The van der Waals surface area contributed by atoms with Crippen molar-refractivity contribution in [3.8, 4) is 27.9 Å². The highest BCUT2D eigenvalue weighted by atomic mass is 15.1. The molecule has 0 atom stereocenters. The Morgan fingerprint density at radius 2 is 1.06 bits per heavy atom. The summed E-state index contributed by atoms with van der Waals surface area (Å²) in [6, 6.07) is 53.2. The molecule has 0 saturated heterocycles. The molecule has 312 valence electrons. The van der Waals surface area contributed by atoms with Crippen molar-refractivity contribution in [2.24, 2.45) is 35.5 Å². The van der Waals surface area contributed by atoms with Gasteiger partial charge in [0.25, 0.3) is 0 Å². The third kappa shape index (κ3) is 4.79. The summed E-state index contributed by atoms with van der Waals surface area (Å²) in [5, 5.41) is 5.63. The van der Waals surface area contributed by atoms with E-state index in [1.165, 1.54) is 165 Å². The minimum Gasteiger partial charge on any atom is -0.376 e. The second kappa shape index (κ2) is 12.4. The normalized spacial score (nSPS) is 29.9. The maximum Gasteiger partial charge on any atom is 0.333 e. The molecule has 0 radical (unpaired) electrons. The smallest absolute Gasteiger partial charge is 0.333 e. The van der Waals surface area contributed by atoms with Crippen LogP contribution < -0.4 is 15.7 Å². The molecule has 0 amide bonds. The van der Waals surface area contributed by atoms with Gasteiger partial charge in [-0.05, 0) is 234 Å². The highest BCUT2D eigenvalue weighted by molar-refractivity contribution is 6.93. The Morgan fingerprint density at radius 1 is 0.484 bits per heavy atom. The largest absolute Gasteiger partial charge is 0.376 e. The van der Waals surface area contributed by atoms with Crippen LogP contribution in [0.2, 0.25) is 0 Å². The topological polar surface area (TPSA) is 8.17 Å². The van der Waals surface area contributed by atoms with E-state index >= 15 is 0 Å². The summed E-state index contributed by atoms with van der Waals surface area (Å²) >= 11 is 0. The van der Waals surface area contributed by atoms with Crippen LogP contribution in [0.15, 0.2) is 133 Å². The van der Waals surface area contributed by atoms with Crippen LogP contribution in [0.5, 0.6) is 0 Å². The standard InChI is InChI=1S/C61H55BN2/c1-36-17-52-50-25-45-9-5-6-10-46(45)26-56(50)64(49-14-11-44(12-15-49)43-7-3-2-4-8-43)62-54-29-48(61-33-40-22-41(34-61)24-42(23-40)35-61)28-53-51-27-47(60-30-37-19-38(31-60)21-39(20-37)32-60)13-16-55(51)63(59(53)54)57(18-36)58(52)62/h2-18,25-29,37-42H,19-24,30-35H2,1H3. The van der Waals surface area contributed by atoms with Gasteiger partial charge in [0.1, 0.15) is 0 Å². The fourth-order valence-electron chi connectivity index (χ4n) is 17.6. The number of aromatic nitrogens is 1. The predicted octanol–water partition coefficient (Wildman–Crippen LogP) is 14.1. The van der Waals surface area contributed by atoms with E-state index in [9.17, 15) is 0 Å². The van der Waals surface area contributed by atoms with E-state index in [4.69, 9.17) is 0 Å². The molecule has 8 fully saturated rings. The van der Waals surface area contributed by atoms with Crippen molar-refractivity contribution in [1.82, 2.24) is 4.57 Å². The molecule has 1 aromatic heterocycles. The van der Waals surface area contributed by atoms with Gasteiger partial charge in [0, 0.05) is 33.4 Å². The zero-order chi connectivity index (χ0) is 41.6. The number of benzene rings is 7. The number of hydrogen-bond donors (Lipinski definition) is 0. The molecular weight excluding hydrogens is 771 g/mol. The van der Waals surface area contributed by atoms with Gasteiger partial charge in [0.15, 0.2) is 0 Å². The minimum absolute atomic E-state index is 0.0395. The van der Waals surface area contributed by atoms with Crippen LogP contribution in [0, 0.1) is 42.4 Å². The third-order valence-electron chi connectivity index (χ3n) is 19.2. The molecule has 8 bridgehead atoms. The molecule has 0 spiro atoms. The van der Waals surface area contributed by atoms with Crippen molar-refractivity contribution in [1.29, 1.82) is 0 Å². The van der Waals surface area contributed by atoms with E-state index in [1.807, 2.05) is 0 Å². The number of aryl methyl sites for hydroxylation is 1. The molecular formula is C61H55BN2. The van der Waals surface area contributed by atoms with Gasteiger partial charge >= 0.3 is 6.85 Å². The van der Waals surface area contributed by atoms with E-state index in [2.05, 4.69) is 150 Å². The van der Waals surface area contributed by atoms with Crippen LogP contribution in [0.25, 0.3) is 60.5 Å². The second-order valence-electron chi connectivity index (χ2n) is 23.1. The van der Waals surface area contributed by atoms with E-state index in [0.717, 1.165) is 35.5 Å². The fourth-order valence-corrected chi connectivity index (χ4v) is 17.6. The minimum atomic E-state index is 0.0395. The maximum absolute atomic E-state index is 2.81. The average Bonchev–Trinajstić information content (AvgIpc) is 3.63. The monoisotopic (exact) mass is 826 g/mol. The summed E-state index contributed by atoms with van der Waals surface area (Å²) in [5.74, 6) is 5.48. The Bertz CT molecular complexity index is 3250. The fraction of sp³-hybridized carbons (Fsp3) is 0.344. The first-order chi connectivity index (χ1) is 31.4. The molecule has 0 unspecified atom stereocenters. The molecule has 7 aromatic carbocycles. The summed E-state index contributed by atoms with van der Waals surface area (Å²) in [6.07, 6.45) is 17.2. The molecule has 3 heterocycles. The SMILES string of the molecule is Cc1cc2c3c(c1)-n1c4ccc(C56CC7CC(CC(C7)C5)C6)cc4c4cc(C56CC7CC(CC(C7)C5)C6)cc(c41)B3N(c1ccc(-c3ccccc3)cc1)c1cc3ccccc3cc1-2. The summed E-state index contributed by atoms with van der Waals surface area (Å²) in [5.41, 5.74) is 20.4. The molecule has 8 aliphatic carbocycles. The van der Waals surface area contributed by atoms with Crippen LogP contribution in [0.3, 0.4) is 0 Å². The lowest BCUT2D eigenvalue weighted by Gasteiger charge is -2.57. The van der Waals surface area contributed by atoms with Crippen LogP contribution in [0.1, 0.15) is 93.7 Å². The average molecular weight is 827 g/mol. The van der Waals surface area contributed by atoms with Crippen molar-refractivity contribution in [2.45, 2.75) is 94.8 Å². The van der Waals surface area contributed by atoms with Crippen molar-refractivity contribution in [3.05, 3.63) is 150 Å². The first kappa shape index (κ1) is 35.8. The Morgan fingerprint density at radius 3 is 1.72 bits per heavy atom. The highest BCUT2D eigenvalue weighted by Crippen LogP contribution is 2.63. The zero-order valence-corrected chi connectivity index (χ0v) is 37.1. The second-order valence-corrected chi connectivity index (χ2v) is 23.1. The van der Waals surface area contributed by atoms with Crippen molar-refractivity contribution in [2.75, 3.05) is 4.81 Å². The Labute approximate surface area is 377 Å². The molecule has 2 aliphatic heterocycles. The number of rotatable bonds is 4. The van der Waals surface area contributed by atoms with Crippen molar-refractivity contribution < 1.29 is 0 Å². The lowest BCUT2D eigenvalue weighted by Crippen LogP contribution is -2.61. The van der Waals surface area contributed by atoms with E-state index < -0.39 is 0 Å². The number of nitrogens with zero attached hydrogens (tertiary/aromatic N) is 2. The van der Waals surface area contributed by atoms with Gasteiger partial charge < -0.3 is 9.38 Å². The van der Waals surface area contributed by atoms with Gasteiger partial charge in [0.05, 0.1) is 11.0 Å². The van der Waals surface area contributed by atoms with Gasteiger partial charge in [-0.1, -0.05) is 84.9 Å². The Hall–Kier alpha value is -5.54. The van der Waals surface area contributed by atoms with Crippen molar-refractivity contribution >= 4 is 61.7 Å². The van der Waals surface area contributed by atoms with E-state index in [-0.39, 0.29) is 12.3 Å². The van der Waals surface area contributed by atoms with Crippen molar-refractivity contribution in [3.63, 3.8) is 0 Å². The van der Waals surface area contributed by atoms with Crippen LogP contribution in [-0.4, -0.2) is 11.4 Å². The lowest BCUT2D eigenvalue weighted by molar-refractivity contribution is -0.00526. The molecule has 18 rings (SSSR count). The Kier molecular flexibility index (Phi) is 6.94. The molecule has 0 N–H and O–H groups in total. The van der Waals surface area contributed by atoms with Gasteiger partial charge in [-0.3, -0.25) is 0 Å². The quantitative estimate of drug-likeness (QED) is 0.161. The summed E-state index contributed by atoms with van der Waals surface area (Å²) in [4.78, 5) is 2.78. The molecule has 3 heteroatoms. The number of hydrogen-bond acceptors (Lipinski definition) is 1. The Balaban J connectivity index is 0.997. The highest BCUT2D eigenvalue weighted by Gasteiger charge is 2.54.